The summed E-state index contributed by atoms with van der Waals surface area (Å²) in [6.45, 7) is -0.551. The summed E-state index contributed by atoms with van der Waals surface area (Å²) >= 11 is 5.61. The van der Waals surface area contributed by atoms with E-state index in [1.807, 2.05) is 0 Å². The predicted molar refractivity (Wildman–Crippen MR) is 57.1 cm³/mol. The summed E-state index contributed by atoms with van der Waals surface area (Å²) in [6, 6.07) is 1.33. The molecule has 0 aromatic carbocycles. The van der Waals surface area contributed by atoms with Gasteiger partial charge in [0.15, 0.2) is 0 Å². The van der Waals surface area contributed by atoms with Gasteiger partial charge in [-0.2, -0.15) is 0 Å². The van der Waals surface area contributed by atoms with Crippen LogP contribution in [-0.4, -0.2) is 30.9 Å². The van der Waals surface area contributed by atoms with Crippen molar-refractivity contribution in [2.24, 2.45) is 0 Å². The maximum Gasteiger partial charge on any atom is 0.255 e. The van der Waals surface area contributed by atoms with E-state index in [0.717, 1.165) is 0 Å². The highest BCUT2D eigenvalue weighted by atomic mass is 35.5. The predicted octanol–water partition coefficient (Wildman–Crippen LogP) is 1.77. The topological polar surface area (TPSA) is 54.0 Å². The van der Waals surface area contributed by atoms with Gasteiger partial charge in [-0.25, -0.2) is 13.8 Å². The number of hydrogen-bond donors (Lipinski definition) is 2. The molecule has 0 atom stereocenters. The molecule has 0 fully saturated rings. The van der Waals surface area contributed by atoms with Gasteiger partial charge in [-0.3, -0.25) is 4.79 Å². The summed E-state index contributed by atoms with van der Waals surface area (Å²) in [5.41, 5.74) is 0.409. The molecular formula is C9H10ClF2N3O. The Bertz CT molecular complexity index is 387. The molecule has 1 rings (SSSR count). The lowest BCUT2D eigenvalue weighted by Crippen LogP contribution is -2.21. The molecule has 0 aliphatic carbocycles. The smallest absolute Gasteiger partial charge is 0.255 e. The van der Waals surface area contributed by atoms with Crippen LogP contribution in [0.15, 0.2) is 12.3 Å². The van der Waals surface area contributed by atoms with Crippen molar-refractivity contribution in [1.29, 1.82) is 0 Å². The van der Waals surface area contributed by atoms with E-state index in [0.29, 0.717) is 0 Å². The third kappa shape index (κ3) is 3.30. The van der Waals surface area contributed by atoms with Crippen LogP contribution in [0.25, 0.3) is 0 Å². The number of carbonyl (C=O) groups is 1. The molecule has 0 saturated carbocycles. The standard InChI is InChI=1S/C9H10ClF2N3O/c1-13-9(16)5-3-15-7(10)2-6(5)14-4-8(11)12/h2-3,8H,4H2,1H3,(H,13,16)(H,14,15). The monoisotopic (exact) mass is 249 g/mol. The molecule has 1 aromatic rings. The van der Waals surface area contributed by atoms with Crippen molar-refractivity contribution in [1.82, 2.24) is 10.3 Å². The van der Waals surface area contributed by atoms with Crippen molar-refractivity contribution in [3.63, 3.8) is 0 Å². The minimum Gasteiger partial charge on any atom is -0.379 e. The molecule has 1 heterocycles. The zero-order valence-electron chi connectivity index (χ0n) is 8.43. The lowest BCUT2D eigenvalue weighted by molar-refractivity contribution is 0.0963. The molecule has 1 amide bonds. The van der Waals surface area contributed by atoms with Crippen LogP contribution in [0.4, 0.5) is 14.5 Å². The molecule has 0 spiro atoms. The molecule has 0 radical (unpaired) electrons. The average Bonchev–Trinajstić information content (AvgIpc) is 2.25. The van der Waals surface area contributed by atoms with Gasteiger partial charge in [0.25, 0.3) is 12.3 Å². The zero-order valence-corrected chi connectivity index (χ0v) is 9.18. The van der Waals surface area contributed by atoms with Crippen LogP contribution in [0.1, 0.15) is 10.4 Å². The fourth-order valence-corrected chi connectivity index (χ4v) is 1.24. The number of hydrogen-bond acceptors (Lipinski definition) is 3. The van der Waals surface area contributed by atoms with Gasteiger partial charge in [0.2, 0.25) is 0 Å². The lowest BCUT2D eigenvalue weighted by Gasteiger charge is -2.10. The first-order valence-electron chi connectivity index (χ1n) is 4.44. The third-order valence-electron chi connectivity index (χ3n) is 1.79. The summed E-state index contributed by atoms with van der Waals surface area (Å²) in [4.78, 5) is 15.1. The molecule has 2 N–H and O–H groups in total. The van der Waals surface area contributed by atoms with E-state index in [9.17, 15) is 13.6 Å². The van der Waals surface area contributed by atoms with Gasteiger partial charge in [-0.05, 0) is 6.07 Å². The summed E-state index contributed by atoms with van der Waals surface area (Å²) < 4.78 is 24.0. The molecular weight excluding hydrogens is 240 g/mol. The highest BCUT2D eigenvalue weighted by Gasteiger charge is 2.12. The van der Waals surface area contributed by atoms with Gasteiger partial charge >= 0.3 is 0 Å². The number of anilines is 1. The summed E-state index contributed by atoms with van der Waals surface area (Å²) in [5.74, 6) is -0.416. The van der Waals surface area contributed by atoms with Gasteiger partial charge in [-0.15, -0.1) is 0 Å². The number of pyridine rings is 1. The van der Waals surface area contributed by atoms with Gasteiger partial charge < -0.3 is 10.6 Å². The second kappa shape index (κ2) is 5.60. The molecule has 0 unspecified atom stereocenters. The number of nitrogens with one attached hydrogen (secondary N) is 2. The molecule has 88 valence electrons. The first-order valence-corrected chi connectivity index (χ1v) is 4.82. The van der Waals surface area contributed by atoms with E-state index < -0.39 is 18.9 Å². The molecule has 0 aliphatic rings. The Hall–Kier alpha value is -1.43. The molecule has 16 heavy (non-hydrogen) atoms. The van der Waals surface area contributed by atoms with E-state index in [1.54, 1.807) is 0 Å². The number of aromatic nitrogens is 1. The first kappa shape index (κ1) is 12.6. The van der Waals surface area contributed by atoms with E-state index in [2.05, 4.69) is 15.6 Å². The SMILES string of the molecule is CNC(=O)c1cnc(Cl)cc1NCC(F)F. The maximum atomic E-state index is 12.0. The van der Waals surface area contributed by atoms with Crippen molar-refractivity contribution in [3.05, 3.63) is 23.0 Å². The highest BCUT2D eigenvalue weighted by molar-refractivity contribution is 6.29. The van der Waals surface area contributed by atoms with E-state index in [1.165, 1.54) is 19.3 Å². The quantitative estimate of drug-likeness (QED) is 0.800. The van der Waals surface area contributed by atoms with Crippen molar-refractivity contribution in [3.8, 4) is 0 Å². The van der Waals surface area contributed by atoms with Gasteiger partial charge in [0.1, 0.15) is 5.15 Å². The van der Waals surface area contributed by atoms with Gasteiger partial charge in [0, 0.05) is 13.2 Å². The molecule has 0 aliphatic heterocycles. The fourth-order valence-electron chi connectivity index (χ4n) is 1.08. The zero-order chi connectivity index (χ0) is 12.1. The van der Waals surface area contributed by atoms with Crippen molar-refractivity contribution < 1.29 is 13.6 Å². The Labute approximate surface area is 96.0 Å². The van der Waals surface area contributed by atoms with Gasteiger partial charge in [-0.1, -0.05) is 11.6 Å². The van der Waals surface area contributed by atoms with Crippen LogP contribution in [-0.2, 0) is 0 Å². The minimum atomic E-state index is -2.51. The summed E-state index contributed by atoms with van der Waals surface area (Å²) in [7, 11) is 1.44. The largest absolute Gasteiger partial charge is 0.379 e. The fraction of sp³-hybridized carbons (Fsp3) is 0.333. The van der Waals surface area contributed by atoms with Crippen LogP contribution in [0.2, 0.25) is 5.15 Å². The number of carbonyl (C=O) groups excluding carboxylic acids is 1. The number of rotatable bonds is 4. The van der Waals surface area contributed by atoms with E-state index in [-0.39, 0.29) is 16.4 Å². The average molecular weight is 250 g/mol. The van der Waals surface area contributed by atoms with Crippen LogP contribution in [0, 0.1) is 0 Å². The lowest BCUT2D eigenvalue weighted by atomic mass is 10.2. The van der Waals surface area contributed by atoms with Crippen molar-refractivity contribution in [2.75, 3.05) is 18.9 Å². The van der Waals surface area contributed by atoms with Crippen LogP contribution < -0.4 is 10.6 Å². The summed E-state index contributed by atoms with van der Waals surface area (Å²) in [5, 5.41) is 4.94. The highest BCUT2D eigenvalue weighted by Crippen LogP contribution is 2.18. The van der Waals surface area contributed by atoms with Crippen LogP contribution in [0.3, 0.4) is 0 Å². The molecule has 4 nitrogen and oxygen atoms in total. The Kier molecular flexibility index (Phi) is 4.42. The Morgan fingerprint density at radius 3 is 2.88 bits per heavy atom. The van der Waals surface area contributed by atoms with Crippen molar-refractivity contribution in [2.45, 2.75) is 6.43 Å². The third-order valence-corrected chi connectivity index (χ3v) is 2.00. The number of nitrogens with zero attached hydrogens (tertiary/aromatic N) is 1. The second-order valence-corrected chi connectivity index (χ2v) is 3.29. The second-order valence-electron chi connectivity index (χ2n) is 2.90. The number of alkyl halides is 2. The van der Waals surface area contributed by atoms with Crippen LogP contribution in [0.5, 0.6) is 0 Å². The Morgan fingerprint density at radius 2 is 2.31 bits per heavy atom. The van der Waals surface area contributed by atoms with E-state index >= 15 is 0 Å². The summed E-state index contributed by atoms with van der Waals surface area (Å²) in [6.07, 6.45) is -1.28. The molecule has 0 saturated heterocycles. The molecule has 1 aromatic heterocycles. The van der Waals surface area contributed by atoms with E-state index in [4.69, 9.17) is 11.6 Å². The van der Waals surface area contributed by atoms with Gasteiger partial charge in [0.05, 0.1) is 17.8 Å². The normalized spacial score (nSPS) is 10.3. The molecule has 0 bridgehead atoms. The first-order chi connectivity index (χ1) is 7.54. The number of amides is 1. The Balaban J connectivity index is 2.94. The minimum absolute atomic E-state index is 0.129. The van der Waals surface area contributed by atoms with Crippen LogP contribution >= 0.6 is 11.6 Å². The maximum absolute atomic E-state index is 12.0. The van der Waals surface area contributed by atoms with Crippen molar-refractivity contribution >= 4 is 23.2 Å². The molecule has 7 heteroatoms. The Morgan fingerprint density at radius 1 is 1.62 bits per heavy atom. The number of halogens is 3.